The van der Waals surface area contributed by atoms with Gasteiger partial charge >= 0.3 is 0 Å². The molecule has 0 spiro atoms. The average Bonchev–Trinajstić information content (AvgIpc) is 2.74. The van der Waals surface area contributed by atoms with Gasteiger partial charge in [-0.25, -0.2) is 0 Å². The van der Waals surface area contributed by atoms with Crippen molar-refractivity contribution in [3.8, 4) is 5.75 Å². The highest BCUT2D eigenvalue weighted by Gasteiger charge is 2.19. The molecule has 0 aliphatic carbocycles. The number of nitrogens with one attached hydrogen (secondary N) is 1. The summed E-state index contributed by atoms with van der Waals surface area (Å²) >= 11 is 0. The van der Waals surface area contributed by atoms with E-state index in [-0.39, 0.29) is 5.91 Å². The summed E-state index contributed by atoms with van der Waals surface area (Å²) < 4.78 is 5.13. The first-order valence-corrected chi connectivity index (χ1v) is 9.79. The van der Waals surface area contributed by atoms with Crippen molar-refractivity contribution in [2.45, 2.75) is 25.7 Å². The topological polar surface area (TPSA) is 54.5 Å². The van der Waals surface area contributed by atoms with Crippen molar-refractivity contribution in [2.24, 2.45) is 5.92 Å². The Kier molecular flexibility index (Phi) is 7.22. The van der Waals surface area contributed by atoms with E-state index in [1.165, 1.54) is 31.2 Å². The van der Waals surface area contributed by atoms with Crippen molar-refractivity contribution in [2.75, 3.05) is 33.3 Å². The molecule has 0 bridgehead atoms. The molecule has 5 heteroatoms. The van der Waals surface area contributed by atoms with Gasteiger partial charge in [-0.2, -0.15) is 0 Å². The summed E-state index contributed by atoms with van der Waals surface area (Å²) in [6.45, 7) is 3.77. The third-order valence-electron chi connectivity index (χ3n) is 5.30. The van der Waals surface area contributed by atoms with Crippen LogP contribution in [-0.2, 0) is 6.42 Å². The first-order chi connectivity index (χ1) is 13.2. The lowest BCUT2D eigenvalue weighted by Crippen LogP contribution is -2.39. The zero-order valence-corrected chi connectivity index (χ0v) is 16.1. The van der Waals surface area contributed by atoms with Gasteiger partial charge < -0.3 is 15.0 Å². The number of methoxy groups -OCH3 is 1. The number of likely N-dealkylation sites (tertiary alicyclic amines) is 1. The molecule has 144 valence electrons. The molecule has 27 heavy (non-hydrogen) atoms. The Bertz CT molecular complexity index is 713. The molecule has 0 unspecified atom stereocenters. The number of aromatic nitrogens is 1. The molecule has 1 saturated heterocycles. The van der Waals surface area contributed by atoms with E-state index in [0.29, 0.717) is 18.0 Å². The Hall–Kier alpha value is -2.40. The molecule has 1 aliphatic heterocycles. The third-order valence-corrected chi connectivity index (χ3v) is 5.30. The van der Waals surface area contributed by atoms with Gasteiger partial charge in [-0.1, -0.05) is 30.3 Å². The Morgan fingerprint density at radius 2 is 2.00 bits per heavy atom. The number of piperidine rings is 1. The molecule has 1 aromatic carbocycles. The number of hydrogen-bond acceptors (Lipinski definition) is 4. The van der Waals surface area contributed by atoms with Crippen molar-refractivity contribution in [3.05, 3.63) is 59.9 Å². The number of ether oxygens (including phenoxy) is 1. The summed E-state index contributed by atoms with van der Waals surface area (Å²) in [7, 11) is 1.58. The lowest BCUT2D eigenvalue weighted by Gasteiger charge is -2.32. The number of aryl methyl sites for hydroxylation is 1. The van der Waals surface area contributed by atoms with Crippen molar-refractivity contribution >= 4 is 5.91 Å². The van der Waals surface area contributed by atoms with Crippen LogP contribution in [0.2, 0.25) is 0 Å². The molecular weight excluding hydrogens is 338 g/mol. The second-order valence-electron chi connectivity index (χ2n) is 7.15. The van der Waals surface area contributed by atoms with Gasteiger partial charge in [-0.05, 0) is 56.3 Å². The summed E-state index contributed by atoms with van der Waals surface area (Å²) in [6, 6.07) is 14.1. The zero-order chi connectivity index (χ0) is 18.9. The molecule has 2 heterocycles. The van der Waals surface area contributed by atoms with Crippen LogP contribution in [0.5, 0.6) is 5.75 Å². The van der Waals surface area contributed by atoms with Crippen LogP contribution in [0.1, 0.15) is 35.3 Å². The fourth-order valence-electron chi connectivity index (χ4n) is 3.59. The lowest BCUT2D eigenvalue weighted by molar-refractivity contribution is 0.0938. The van der Waals surface area contributed by atoms with Gasteiger partial charge in [-0.3, -0.25) is 9.78 Å². The number of nitrogens with zero attached hydrogens (tertiary/aromatic N) is 2. The standard InChI is InChI=1S/C22H29N3O2/c1-27-20-9-12-23-21(17-20)22(26)24-13-16-25-14-10-19(11-15-25)8-7-18-5-3-2-4-6-18/h2-6,9,12,17,19H,7-8,10-11,13-16H2,1H3,(H,24,26). The maximum absolute atomic E-state index is 12.2. The second kappa shape index (κ2) is 10.1. The Labute approximate surface area is 161 Å². The molecule has 2 aromatic rings. The largest absolute Gasteiger partial charge is 0.497 e. The maximum atomic E-state index is 12.2. The molecule has 1 aliphatic rings. The SMILES string of the molecule is COc1ccnc(C(=O)NCCN2CCC(CCc3ccccc3)CC2)c1. The highest BCUT2D eigenvalue weighted by Crippen LogP contribution is 2.22. The molecule has 1 aromatic heterocycles. The molecule has 0 atom stereocenters. The third kappa shape index (κ3) is 6.07. The van der Waals surface area contributed by atoms with Crippen LogP contribution in [0.15, 0.2) is 48.7 Å². The predicted molar refractivity (Wildman–Crippen MR) is 107 cm³/mol. The molecule has 1 amide bonds. The van der Waals surface area contributed by atoms with Crippen LogP contribution in [0, 0.1) is 5.92 Å². The normalized spacial score (nSPS) is 15.4. The fourth-order valence-corrected chi connectivity index (χ4v) is 3.59. The Balaban J connectivity index is 1.33. The van der Waals surface area contributed by atoms with E-state index >= 15 is 0 Å². The van der Waals surface area contributed by atoms with Crippen LogP contribution in [-0.4, -0.2) is 49.1 Å². The van der Waals surface area contributed by atoms with Crippen molar-refractivity contribution < 1.29 is 9.53 Å². The zero-order valence-electron chi connectivity index (χ0n) is 16.1. The first-order valence-electron chi connectivity index (χ1n) is 9.79. The summed E-state index contributed by atoms with van der Waals surface area (Å²) in [6.07, 6.45) is 6.54. The fraction of sp³-hybridized carbons (Fsp3) is 0.455. The monoisotopic (exact) mass is 367 g/mol. The summed E-state index contributed by atoms with van der Waals surface area (Å²) in [4.78, 5) is 18.7. The van der Waals surface area contributed by atoms with E-state index in [0.717, 1.165) is 25.6 Å². The maximum Gasteiger partial charge on any atom is 0.270 e. The summed E-state index contributed by atoms with van der Waals surface area (Å²) in [5, 5.41) is 2.96. The minimum absolute atomic E-state index is 0.147. The quantitative estimate of drug-likeness (QED) is 0.779. The summed E-state index contributed by atoms with van der Waals surface area (Å²) in [5.41, 5.74) is 1.84. The van der Waals surface area contributed by atoms with Gasteiger partial charge in [0.05, 0.1) is 7.11 Å². The van der Waals surface area contributed by atoms with Crippen molar-refractivity contribution in [1.82, 2.24) is 15.2 Å². The number of rotatable bonds is 8. The van der Waals surface area contributed by atoms with Crippen LogP contribution in [0.25, 0.3) is 0 Å². The van der Waals surface area contributed by atoms with E-state index < -0.39 is 0 Å². The van der Waals surface area contributed by atoms with E-state index in [2.05, 4.69) is 45.5 Å². The van der Waals surface area contributed by atoms with E-state index in [1.54, 1.807) is 25.4 Å². The minimum Gasteiger partial charge on any atom is -0.497 e. The number of carbonyl (C=O) groups excluding carboxylic acids is 1. The number of pyridine rings is 1. The van der Waals surface area contributed by atoms with Gasteiger partial charge in [0, 0.05) is 25.4 Å². The van der Waals surface area contributed by atoms with Crippen molar-refractivity contribution in [3.63, 3.8) is 0 Å². The van der Waals surface area contributed by atoms with Crippen LogP contribution < -0.4 is 10.1 Å². The minimum atomic E-state index is -0.147. The van der Waals surface area contributed by atoms with Crippen LogP contribution in [0.3, 0.4) is 0 Å². The molecule has 1 fully saturated rings. The smallest absolute Gasteiger partial charge is 0.270 e. The highest BCUT2D eigenvalue weighted by molar-refractivity contribution is 5.92. The molecule has 0 radical (unpaired) electrons. The number of hydrogen-bond donors (Lipinski definition) is 1. The number of carbonyl (C=O) groups is 1. The van der Waals surface area contributed by atoms with Gasteiger partial charge in [0.15, 0.2) is 0 Å². The Morgan fingerprint density at radius 3 is 2.74 bits per heavy atom. The van der Waals surface area contributed by atoms with Gasteiger partial charge in [0.2, 0.25) is 0 Å². The first kappa shape index (κ1) is 19.4. The molecule has 1 N–H and O–H groups in total. The van der Waals surface area contributed by atoms with Crippen LogP contribution in [0.4, 0.5) is 0 Å². The number of benzene rings is 1. The van der Waals surface area contributed by atoms with Gasteiger partial charge in [0.1, 0.15) is 11.4 Å². The van der Waals surface area contributed by atoms with Gasteiger partial charge in [0.25, 0.3) is 5.91 Å². The predicted octanol–water partition coefficient (Wildman–Crippen LogP) is 3.16. The van der Waals surface area contributed by atoms with E-state index in [4.69, 9.17) is 4.74 Å². The Morgan fingerprint density at radius 1 is 1.22 bits per heavy atom. The van der Waals surface area contributed by atoms with E-state index in [9.17, 15) is 4.79 Å². The molecule has 0 saturated carbocycles. The second-order valence-corrected chi connectivity index (χ2v) is 7.15. The molecular formula is C22H29N3O2. The van der Waals surface area contributed by atoms with Crippen molar-refractivity contribution in [1.29, 1.82) is 0 Å². The average molecular weight is 367 g/mol. The lowest BCUT2D eigenvalue weighted by atomic mass is 9.90. The van der Waals surface area contributed by atoms with E-state index in [1.807, 2.05) is 0 Å². The highest BCUT2D eigenvalue weighted by atomic mass is 16.5. The number of amides is 1. The van der Waals surface area contributed by atoms with Gasteiger partial charge in [-0.15, -0.1) is 0 Å². The van der Waals surface area contributed by atoms with Crippen LogP contribution >= 0.6 is 0 Å². The molecule has 5 nitrogen and oxygen atoms in total. The molecule has 3 rings (SSSR count). The summed E-state index contributed by atoms with van der Waals surface area (Å²) in [5.74, 6) is 1.32.